The molecule has 0 bridgehead atoms. The summed E-state index contributed by atoms with van der Waals surface area (Å²) in [6.07, 6.45) is 8.52. The van der Waals surface area contributed by atoms with Crippen LogP contribution in [0, 0.1) is 0 Å². The third kappa shape index (κ3) is 12.7. The number of quaternary nitrogens is 1. The first-order valence-electron chi connectivity index (χ1n) is 10.8. The van der Waals surface area contributed by atoms with E-state index in [1.54, 1.807) is 0 Å². The van der Waals surface area contributed by atoms with Crippen LogP contribution in [-0.4, -0.2) is 62.8 Å². The molecule has 0 aliphatic carbocycles. The summed E-state index contributed by atoms with van der Waals surface area (Å²) in [4.78, 5) is 12.3. The molecule has 0 aromatic heterocycles. The number of benzene rings is 1. The summed E-state index contributed by atoms with van der Waals surface area (Å²) in [6.45, 7) is 4.21. The number of aryl methyl sites for hydroxylation is 1. The Labute approximate surface area is 177 Å². The van der Waals surface area contributed by atoms with E-state index >= 15 is 0 Å². The normalized spacial score (nSPS) is 12.1. The molecular formula is C22H38N2O4S. The van der Waals surface area contributed by atoms with Gasteiger partial charge in [-0.05, 0) is 30.5 Å². The third-order valence-corrected chi connectivity index (χ3v) is 5.96. The first-order valence-corrected chi connectivity index (χ1v) is 12.3. The van der Waals surface area contributed by atoms with Gasteiger partial charge in [-0.25, -0.2) is 8.42 Å². The van der Waals surface area contributed by atoms with Crippen LogP contribution in [0.3, 0.4) is 0 Å². The van der Waals surface area contributed by atoms with Gasteiger partial charge in [-0.15, -0.1) is 0 Å². The number of carbonyl (C=O) groups excluding carboxylic acids is 1. The molecule has 0 saturated heterocycles. The van der Waals surface area contributed by atoms with Gasteiger partial charge in [0.05, 0.1) is 37.3 Å². The number of carbonyl (C=O) groups is 1. The largest absolute Gasteiger partial charge is 0.748 e. The van der Waals surface area contributed by atoms with E-state index in [0.29, 0.717) is 29.6 Å². The SMILES string of the molecule is CCCCCCCc1ccc(C(=O)NCCC[N+](C)(C)CCCS(=O)(=O)[O-])cc1. The average molecular weight is 427 g/mol. The Morgan fingerprint density at radius 1 is 0.966 bits per heavy atom. The molecule has 0 aliphatic rings. The van der Waals surface area contributed by atoms with Crippen molar-refractivity contribution in [3.05, 3.63) is 35.4 Å². The molecule has 0 heterocycles. The van der Waals surface area contributed by atoms with E-state index < -0.39 is 10.1 Å². The van der Waals surface area contributed by atoms with Crippen LogP contribution >= 0.6 is 0 Å². The number of amides is 1. The second kappa shape index (κ2) is 13.0. The maximum absolute atomic E-state index is 12.3. The molecule has 0 unspecified atom stereocenters. The summed E-state index contributed by atoms with van der Waals surface area (Å²) in [5.41, 5.74) is 1.95. The van der Waals surface area contributed by atoms with E-state index in [0.717, 1.165) is 19.4 Å². The van der Waals surface area contributed by atoms with Crippen LogP contribution in [-0.2, 0) is 16.5 Å². The predicted molar refractivity (Wildman–Crippen MR) is 117 cm³/mol. The highest BCUT2D eigenvalue weighted by molar-refractivity contribution is 7.85. The Kier molecular flexibility index (Phi) is 11.5. The molecule has 1 aromatic rings. The van der Waals surface area contributed by atoms with Gasteiger partial charge in [0.25, 0.3) is 5.91 Å². The minimum absolute atomic E-state index is 0.0674. The fourth-order valence-corrected chi connectivity index (χ4v) is 3.83. The van der Waals surface area contributed by atoms with Gasteiger partial charge in [0.2, 0.25) is 0 Å². The second-order valence-electron chi connectivity index (χ2n) is 8.47. The Balaban J connectivity index is 2.26. The van der Waals surface area contributed by atoms with Crippen molar-refractivity contribution in [1.82, 2.24) is 5.32 Å². The van der Waals surface area contributed by atoms with Gasteiger partial charge >= 0.3 is 0 Å². The lowest BCUT2D eigenvalue weighted by atomic mass is 10.0. The van der Waals surface area contributed by atoms with Crippen molar-refractivity contribution in [1.29, 1.82) is 0 Å². The number of hydrogen-bond donors (Lipinski definition) is 1. The van der Waals surface area contributed by atoms with E-state index in [4.69, 9.17) is 0 Å². The molecular weight excluding hydrogens is 388 g/mol. The fourth-order valence-electron chi connectivity index (χ4n) is 3.35. The van der Waals surface area contributed by atoms with Crippen molar-refractivity contribution >= 4 is 16.0 Å². The van der Waals surface area contributed by atoms with Gasteiger partial charge in [0.15, 0.2) is 0 Å². The van der Waals surface area contributed by atoms with Crippen LogP contribution in [0.25, 0.3) is 0 Å². The number of unbranched alkanes of at least 4 members (excludes halogenated alkanes) is 4. The van der Waals surface area contributed by atoms with Crippen molar-refractivity contribution in [2.45, 2.75) is 58.3 Å². The van der Waals surface area contributed by atoms with Crippen LogP contribution in [0.1, 0.15) is 67.8 Å². The van der Waals surface area contributed by atoms with Gasteiger partial charge < -0.3 is 14.4 Å². The molecule has 6 nitrogen and oxygen atoms in total. The van der Waals surface area contributed by atoms with E-state index in [-0.39, 0.29) is 11.7 Å². The topological polar surface area (TPSA) is 86.3 Å². The van der Waals surface area contributed by atoms with Gasteiger partial charge in [0.1, 0.15) is 0 Å². The van der Waals surface area contributed by atoms with Crippen LogP contribution in [0.5, 0.6) is 0 Å². The second-order valence-corrected chi connectivity index (χ2v) is 9.99. The van der Waals surface area contributed by atoms with E-state index in [2.05, 4.69) is 12.2 Å². The molecule has 0 saturated carbocycles. The van der Waals surface area contributed by atoms with Crippen molar-refractivity contribution in [2.75, 3.05) is 39.5 Å². The minimum atomic E-state index is -4.14. The Bertz CT molecular complexity index is 700. The molecule has 0 fully saturated rings. The van der Waals surface area contributed by atoms with E-state index in [1.165, 1.54) is 37.7 Å². The summed E-state index contributed by atoms with van der Waals surface area (Å²) in [5, 5.41) is 2.94. The van der Waals surface area contributed by atoms with Gasteiger partial charge in [-0.3, -0.25) is 4.79 Å². The molecule has 0 spiro atoms. The molecule has 29 heavy (non-hydrogen) atoms. The van der Waals surface area contributed by atoms with Crippen LogP contribution < -0.4 is 5.32 Å². The summed E-state index contributed by atoms with van der Waals surface area (Å²) in [6, 6.07) is 7.86. The lowest BCUT2D eigenvalue weighted by Gasteiger charge is -2.30. The zero-order valence-corrected chi connectivity index (χ0v) is 19.1. The third-order valence-electron chi connectivity index (χ3n) is 5.17. The summed E-state index contributed by atoms with van der Waals surface area (Å²) >= 11 is 0. The predicted octanol–water partition coefficient (Wildman–Crippen LogP) is 3.33. The molecule has 1 amide bonds. The zero-order chi connectivity index (χ0) is 21.8. The van der Waals surface area contributed by atoms with Gasteiger partial charge in [-0.1, -0.05) is 44.7 Å². The Morgan fingerprint density at radius 3 is 2.21 bits per heavy atom. The van der Waals surface area contributed by atoms with E-state index in [9.17, 15) is 17.8 Å². The first-order chi connectivity index (χ1) is 13.6. The van der Waals surface area contributed by atoms with Crippen LogP contribution in [0.2, 0.25) is 0 Å². The monoisotopic (exact) mass is 426 g/mol. The lowest BCUT2D eigenvalue weighted by Crippen LogP contribution is -2.43. The van der Waals surface area contributed by atoms with E-state index in [1.807, 2.05) is 38.4 Å². The maximum Gasteiger partial charge on any atom is 0.251 e. The van der Waals surface area contributed by atoms with Crippen molar-refractivity contribution in [2.24, 2.45) is 0 Å². The number of rotatable bonds is 15. The average Bonchev–Trinajstić information content (AvgIpc) is 2.64. The highest BCUT2D eigenvalue weighted by atomic mass is 32.2. The Morgan fingerprint density at radius 2 is 1.59 bits per heavy atom. The standard InChI is InChI=1S/C22H38N2O4S/c1-4-5-6-7-8-11-20-12-14-21(15-13-20)22(25)23-16-9-17-24(2,3)18-10-19-29(26,27)28/h12-15H,4-11,16-19H2,1-3H3,(H-,23,25,26,27,28). The summed E-state index contributed by atoms with van der Waals surface area (Å²) in [5.74, 6) is -0.387. The first kappa shape index (κ1) is 25.6. The van der Waals surface area contributed by atoms with Crippen molar-refractivity contribution in [3.63, 3.8) is 0 Å². The molecule has 7 heteroatoms. The Hall–Kier alpha value is -1.44. The smallest absolute Gasteiger partial charge is 0.251 e. The van der Waals surface area contributed by atoms with Crippen LogP contribution in [0.4, 0.5) is 0 Å². The van der Waals surface area contributed by atoms with Gasteiger partial charge in [0, 0.05) is 30.7 Å². The molecule has 0 atom stereocenters. The molecule has 1 N–H and O–H groups in total. The van der Waals surface area contributed by atoms with Gasteiger partial charge in [-0.2, -0.15) is 0 Å². The number of hydrogen-bond acceptors (Lipinski definition) is 4. The lowest BCUT2D eigenvalue weighted by molar-refractivity contribution is -0.890. The fraction of sp³-hybridized carbons (Fsp3) is 0.682. The molecule has 1 aromatic carbocycles. The zero-order valence-electron chi connectivity index (χ0n) is 18.3. The highest BCUT2D eigenvalue weighted by Gasteiger charge is 2.15. The highest BCUT2D eigenvalue weighted by Crippen LogP contribution is 2.11. The van der Waals surface area contributed by atoms with Crippen molar-refractivity contribution < 1.29 is 22.2 Å². The van der Waals surface area contributed by atoms with Crippen molar-refractivity contribution in [3.8, 4) is 0 Å². The molecule has 166 valence electrons. The summed E-state index contributed by atoms with van der Waals surface area (Å²) < 4.78 is 32.7. The maximum atomic E-state index is 12.3. The molecule has 0 aliphatic heterocycles. The number of nitrogens with one attached hydrogen (secondary N) is 1. The number of nitrogens with zero attached hydrogens (tertiary/aromatic N) is 1. The summed E-state index contributed by atoms with van der Waals surface area (Å²) in [7, 11) is -0.143. The molecule has 1 rings (SSSR count). The quantitative estimate of drug-likeness (QED) is 0.265. The van der Waals surface area contributed by atoms with Crippen LogP contribution in [0.15, 0.2) is 24.3 Å². The molecule has 0 radical (unpaired) electrons. The minimum Gasteiger partial charge on any atom is -0.748 e.